The van der Waals surface area contributed by atoms with Crippen molar-refractivity contribution in [1.29, 1.82) is 0 Å². The summed E-state index contributed by atoms with van der Waals surface area (Å²) in [5.41, 5.74) is 5.54. The highest BCUT2D eigenvalue weighted by atomic mass is 32.2. The number of aromatic nitrogens is 3. The summed E-state index contributed by atoms with van der Waals surface area (Å²) in [6, 6.07) is 4.47. The number of nitrogen functional groups attached to an aromatic ring is 1. The van der Waals surface area contributed by atoms with E-state index in [-0.39, 0.29) is 11.4 Å². The highest BCUT2D eigenvalue weighted by Gasteiger charge is 2.07. The summed E-state index contributed by atoms with van der Waals surface area (Å²) < 4.78 is 0. The Morgan fingerprint density at radius 1 is 1.47 bits per heavy atom. The van der Waals surface area contributed by atoms with Crippen LogP contribution in [0.4, 0.5) is 5.82 Å². The molecule has 2 rings (SSSR count). The summed E-state index contributed by atoms with van der Waals surface area (Å²) in [7, 11) is 0. The SMILES string of the molecule is Nc1cc(=O)[nH]c(Sc2ncccc2C=O)n1. The minimum atomic E-state index is -0.344. The molecule has 0 aromatic carbocycles. The Morgan fingerprint density at radius 3 is 3.00 bits per heavy atom. The number of nitrogens with two attached hydrogens (primary N) is 1. The minimum Gasteiger partial charge on any atom is -0.383 e. The van der Waals surface area contributed by atoms with Crippen LogP contribution >= 0.6 is 11.8 Å². The first-order valence-electron chi connectivity index (χ1n) is 4.64. The standard InChI is InChI=1S/C10H8N4O2S/c11-7-4-8(16)14-10(13-7)17-9-6(5-15)2-1-3-12-9/h1-5H,(H3,11,13,14,16). The molecule has 0 aliphatic carbocycles. The van der Waals surface area contributed by atoms with Crippen molar-refractivity contribution in [2.24, 2.45) is 0 Å². The van der Waals surface area contributed by atoms with Gasteiger partial charge in [0.25, 0.3) is 5.56 Å². The number of H-pyrrole nitrogens is 1. The molecule has 0 saturated heterocycles. The molecule has 3 N–H and O–H groups in total. The zero-order chi connectivity index (χ0) is 12.3. The van der Waals surface area contributed by atoms with Gasteiger partial charge in [0.15, 0.2) is 11.4 Å². The quantitative estimate of drug-likeness (QED) is 0.612. The lowest BCUT2D eigenvalue weighted by Crippen LogP contribution is -2.09. The third kappa shape index (κ3) is 2.70. The first-order chi connectivity index (χ1) is 8.19. The Balaban J connectivity index is 2.37. The molecule has 0 radical (unpaired) electrons. The monoisotopic (exact) mass is 248 g/mol. The summed E-state index contributed by atoms with van der Waals surface area (Å²) in [6.45, 7) is 0. The number of hydrogen-bond donors (Lipinski definition) is 2. The topological polar surface area (TPSA) is 102 Å². The molecule has 6 nitrogen and oxygen atoms in total. The molecule has 0 aliphatic rings. The van der Waals surface area contributed by atoms with E-state index in [2.05, 4.69) is 15.0 Å². The number of aromatic amines is 1. The van der Waals surface area contributed by atoms with Gasteiger partial charge in [-0.3, -0.25) is 9.59 Å². The van der Waals surface area contributed by atoms with Crippen molar-refractivity contribution in [3.63, 3.8) is 0 Å². The second kappa shape index (κ2) is 4.79. The highest BCUT2D eigenvalue weighted by Crippen LogP contribution is 2.24. The molecule has 2 aromatic heterocycles. The van der Waals surface area contributed by atoms with E-state index in [9.17, 15) is 9.59 Å². The molecule has 0 unspecified atom stereocenters. The van der Waals surface area contributed by atoms with Gasteiger partial charge < -0.3 is 10.7 Å². The second-order valence-corrected chi connectivity index (χ2v) is 4.07. The number of carbonyl (C=O) groups is 1. The van der Waals surface area contributed by atoms with Crippen LogP contribution in [-0.4, -0.2) is 21.2 Å². The summed E-state index contributed by atoms with van der Waals surface area (Å²) >= 11 is 1.08. The van der Waals surface area contributed by atoms with Gasteiger partial charge in [-0.05, 0) is 23.9 Å². The van der Waals surface area contributed by atoms with Gasteiger partial charge in [0.2, 0.25) is 0 Å². The van der Waals surface area contributed by atoms with Crippen molar-refractivity contribution in [2.45, 2.75) is 10.2 Å². The van der Waals surface area contributed by atoms with Crippen molar-refractivity contribution in [3.8, 4) is 0 Å². The first kappa shape index (κ1) is 11.3. The third-order valence-corrected chi connectivity index (χ3v) is 2.78. The number of nitrogens with one attached hydrogen (secondary N) is 1. The van der Waals surface area contributed by atoms with Crippen molar-refractivity contribution < 1.29 is 4.79 Å². The van der Waals surface area contributed by atoms with Gasteiger partial charge in [-0.15, -0.1) is 0 Å². The molecule has 2 heterocycles. The normalized spacial score (nSPS) is 10.1. The molecule has 0 aliphatic heterocycles. The number of rotatable bonds is 3. The van der Waals surface area contributed by atoms with Crippen LogP contribution in [0.25, 0.3) is 0 Å². The third-order valence-electron chi connectivity index (χ3n) is 1.86. The Labute approximate surface area is 100 Å². The van der Waals surface area contributed by atoms with Crippen LogP contribution in [0.15, 0.2) is 39.4 Å². The number of pyridine rings is 1. The van der Waals surface area contributed by atoms with E-state index in [1.165, 1.54) is 6.07 Å². The summed E-state index contributed by atoms with van der Waals surface area (Å²) in [5.74, 6) is 0.125. The number of nitrogens with zero attached hydrogens (tertiary/aromatic N) is 2. The number of carbonyl (C=O) groups excluding carboxylic acids is 1. The fraction of sp³-hybridized carbons (Fsp3) is 0. The molecule has 7 heteroatoms. The van der Waals surface area contributed by atoms with Gasteiger partial charge in [0.05, 0.1) is 0 Å². The number of anilines is 1. The molecule has 0 spiro atoms. The van der Waals surface area contributed by atoms with Crippen LogP contribution in [0.2, 0.25) is 0 Å². The van der Waals surface area contributed by atoms with E-state index in [0.717, 1.165) is 11.8 Å². The maximum Gasteiger partial charge on any atom is 0.253 e. The van der Waals surface area contributed by atoms with Crippen LogP contribution in [-0.2, 0) is 0 Å². The van der Waals surface area contributed by atoms with E-state index in [4.69, 9.17) is 5.73 Å². The lowest BCUT2D eigenvalue weighted by molar-refractivity contribution is 0.112. The van der Waals surface area contributed by atoms with Crippen LogP contribution in [0.5, 0.6) is 0 Å². The highest BCUT2D eigenvalue weighted by molar-refractivity contribution is 7.99. The molecule has 0 bridgehead atoms. The van der Waals surface area contributed by atoms with Crippen molar-refractivity contribution in [2.75, 3.05) is 5.73 Å². The Hall–Kier alpha value is -2.15. The molecular formula is C10H8N4O2S. The zero-order valence-electron chi connectivity index (χ0n) is 8.58. The second-order valence-electron chi connectivity index (χ2n) is 3.09. The van der Waals surface area contributed by atoms with Crippen LogP contribution in [0, 0.1) is 0 Å². The zero-order valence-corrected chi connectivity index (χ0v) is 9.40. The molecular weight excluding hydrogens is 240 g/mol. The van der Waals surface area contributed by atoms with Gasteiger partial charge in [-0.1, -0.05) is 0 Å². The minimum absolute atomic E-state index is 0.125. The van der Waals surface area contributed by atoms with E-state index in [0.29, 0.717) is 22.0 Å². The Bertz CT molecular complexity index is 611. The molecule has 2 aromatic rings. The number of hydrogen-bond acceptors (Lipinski definition) is 6. The number of aldehydes is 1. The summed E-state index contributed by atoms with van der Waals surface area (Å²) in [5, 5.41) is 0.771. The van der Waals surface area contributed by atoms with Crippen LogP contribution in [0.1, 0.15) is 10.4 Å². The van der Waals surface area contributed by atoms with Crippen LogP contribution < -0.4 is 11.3 Å². The Kier molecular flexibility index (Phi) is 3.20. The summed E-state index contributed by atoms with van der Waals surface area (Å²) in [4.78, 5) is 32.4. The van der Waals surface area contributed by atoms with E-state index < -0.39 is 0 Å². The molecule has 17 heavy (non-hydrogen) atoms. The van der Waals surface area contributed by atoms with Gasteiger partial charge in [-0.2, -0.15) is 0 Å². The van der Waals surface area contributed by atoms with E-state index in [1.54, 1.807) is 18.3 Å². The van der Waals surface area contributed by atoms with Gasteiger partial charge in [0.1, 0.15) is 10.8 Å². The molecule has 0 atom stereocenters. The Morgan fingerprint density at radius 2 is 2.29 bits per heavy atom. The van der Waals surface area contributed by atoms with Gasteiger partial charge in [0, 0.05) is 17.8 Å². The lowest BCUT2D eigenvalue weighted by atomic mass is 10.3. The van der Waals surface area contributed by atoms with E-state index in [1.807, 2.05) is 0 Å². The van der Waals surface area contributed by atoms with Gasteiger partial charge >= 0.3 is 0 Å². The van der Waals surface area contributed by atoms with Crippen molar-refractivity contribution in [1.82, 2.24) is 15.0 Å². The van der Waals surface area contributed by atoms with Crippen molar-refractivity contribution in [3.05, 3.63) is 40.3 Å². The fourth-order valence-corrected chi connectivity index (χ4v) is 2.00. The fourth-order valence-electron chi connectivity index (χ4n) is 1.17. The maximum atomic E-state index is 11.2. The predicted octanol–water partition coefficient (Wildman–Crippen LogP) is 0.711. The van der Waals surface area contributed by atoms with Gasteiger partial charge in [-0.25, -0.2) is 9.97 Å². The van der Waals surface area contributed by atoms with E-state index >= 15 is 0 Å². The maximum absolute atomic E-state index is 11.2. The van der Waals surface area contributed by atoms with Crippen molar-refractivity contribution >= 4 is 23.9 Å². The smallest absolute Gasteiger partial charge is 0.253 e. The lowest BCUT2D eigenvalue weighted by Gasteiger charge is -2.02. The predicted molar refractivity (Wildman–Crippen MR) is 63.0 cm³/mol. The largest absolute Gasteiger partial charge is 0.383 e. The molecule has 86 valence electrons. The molecule has 0 amide bonds. The van der Waals surface area contributed by atoms with Crippen LogP contribution in [0.3, 0.4) is 0 Å². The molecule has 0 saturated carbocycles. The summed E-state index contributed by atoms with van der Waals surface area (Å²) in [6.07, 6.45) is 2.25. The average molecular weight is 248 g/mol. The first-order valence-corrected chi connectivity index (χ1v) is 5.45. The average Bonchev–Trinajstić information content (AvgIpc) is 2.28. The molecule has 0 fully saturated rings.